The number of nitrogens with one attached hydrogen (secondary N) is 6. The molecule has 10 aromatic rings. The average molecular weight is 1820 g/mol. The van der Waals surface area contributed by atoms with Crippen LogP contribution in [-0.4, -0.2) is 212 Å². The fraction of sp³-hybridized carbons (Fsp3) is 0.380. The molecule has 1 aliphatic rings. The summed E-state index contributed by atoms with van der Waals surface area (Å²) >= 11 is 26.8. The molecule has 6 heterocycles. The van der Waals surface area contributed by atoms with Crippen molar-refractivity contribution in [1.29, 1.82) is 0 Å². The lowest BCUT2D eigenvalue weighted by Gasteiger charge is -2.30. The Balaban J connectivity index is 0.000000215. The number of benzene rings is 5. The molecule has 676 valence electrons. The molecule has 0 saturated carbocycles. The average Bonchev–Trinajstić information content (AvgIpc) is 0.713. The minimum Gasteiger partial charge on any atom is -0.497 e. The van der Waals surface area contributed by atoms with E-state index in [1.54, 1.807) is 57.1 Å². The van der Waals surface area contributed by atoms with Crippen LogP contribution in [0.1, 0.15) is 100 Å². The van der Waals surface area contributed by atoms with Crippen LogP contribution in [-0.2, 0) is 19.1 Å². The lowest BCUT2D eigenvalue weighted by atomic mass is 10.0. The number of methoxy groups -OCH3 is 6. The molecular formula is C92H113Cl4N19O12. The van der Waals surface area contributed by atoms with E-state index in [2.05, 4.69) is 125 Å². The summed E-state index contributed by atoms with van der Waals surface area (Å²) < 4.78 is 38.2. The van der Waals surface area contributed by atoms with Crippen molar-refractivity contribution in [3.8, 4) is 67.9 Å². The van der Waals surface area contributed by atoms with E-state index in [0.29, 0.717) is 138 Å². The molecule has 0 unspecified atom stereocenters. The number of aryl methyl sites for hydroxylation is 1. The predicted octanol–water partition coefficient (Wildman–Crippen LogP) is 18.5. The molecule has 0 aliphatic carbocycles. The lowest BCUT2D eigenvalue weighted by Crippen LogP contribution is -2.43. The Hall–Kier alpha value is -12.0. The molecule has 5 aromatic carbocycles. The Morgan fingerprint density at radius 3 is 1.39 bits per heavy atom. The summed E-state index contributed by atoms with van der Waals surface area (Å²) in [6, 6.07) is 20.9. The van der Waals surface area contributed by atoms with Gasteiger partial charge in [0.25, 0.3) is 11.8 Å². The van der Waals surface area contributed by atoms with Crippen molar-refractivity contribution in [2.75, 3.05) is 157 Å². The number of aromatic nitrogens is 8. The van der Waals surface area contributed by atoms with Gasteiger partial charge < -0.3 is 69.1 Å². The van der Waals surface area contributed by atoms with Crippen LogP contribution in [0, 0.1) is 6.92 Å². The van der Waals surface area contributed by atoms with E-state index in [9.17, 15) is 24.0 Å². The molecule has 1 aliphatic heterocycles. The number of nitrogens with zero attached hydrogens (tertiary/aromatic N) is 13. The number of hydrogen-bond acceptors (Lipinski definition) is 24. The third kappa shape index (κ3) is 26.1. The number of carbonyl (C=O) groups is 5. The standard InChI is InChI=1S/C31H41Cl2N7O4.C31H43N7O4.C30H29Cl2N5O4/c1-9-23(41)40(15-13-12-14-39(10-2)11-3)29-34-18-19-16-20(24-25(32)21(43-7)17-22(44-8)26(24)33)28(35-27(19)36-29)37-30(42)38-31(4,5)6;1-9-26(39)38(15-13-12-14-37(10-2)11-3)29-32-20-22-18-25(21-16-23(41-7)19-24(17-21)42-8)28(33-27(22)34-29)35-30(40)36-31(4,5)6;1-5-25(38)34-22-14-20(37-8-10-41-11-9-37)12-17(2)29(22)36-30-33-16-19-13-18(6-7-21(19)35-30)26-27(31)23(39-3)15-24(40-4)28(26)32/h9,16-18H,1,10-15H2,2-8H3,(H2,34,35,36,37,38,42);9,16-20H,1,10-15H2,2-8H3,(H2,32,33,34,35,36,40);5-7,12-16H,1,8-11H2,2-4H3,(H,34,38)(H,33,35,36). The molecule has 0 atom stereocenters. The van der Waals surface area contributed by atoms with E-state index in [1.165, 1.54) is 56.5 Å². The van der Waals surface area contributed by atoms with Gasteiger partial charge in [0.15, 0.2) is 11.3 Å². The zero-order valence-corrected chi connectivity index (χ0v) is 78.1. The van der Waals surface area contributed by atoms with Crippen molar-refractivity contribution in [2.24, 2.45) is 0 Å². The summed E-state index contributed by atoms with van der Waals surface area (Å²) in [7, 11) is 9.16. The van der Waals surface area contributed by atoms with Crippen LogP contribution in [0.4, 0.5) is 56.1 Å². The highest BCUT2D eigenvalue weighted by atomic mass is 35.5. The number of morpholine rings is 1. The van der Waals surface area contributed by atoms with E-state index in [0.717, 1.165) is 100 Å². The van der Waals surface area contributed by atoms with Crippen LogP contribution < -0.4 is 75.0 Å². The molecule has 1 saturated heterocycles. The molecule has 1 fully saturated rings. The number of unbranched alkanes of at least 4 members (excludes halogenated alkanes) is 2. The number of hydrogen-bond donors (Lipinski definition) is 6. The number of amides is 7. The maximum Gasteiger partial charge on any atom is 0.320 e. The molecule has 6 N–H and O–H groups in total. The normalized spacial score (nSPS) is 11.9. The largest absolute Gasteiger partial charge is 0.497 e. The van der Waals surface area contributed by atoms with Crippen LogP contribution >= 0.6 is 46.4 Å². The molecule has 0 spiro atoms. The van der Waals surface area contributed by atoms with E-state index in [4.69, 9.17) is 94.5 Å². The van der Waals surface area contributed by atoms with Crippen LogP contribution in [0.25, 0.3) is 66.4 Å². The number of rotatable bonds is 34. The molecule has 127 heavy (non-hydrogen) atoms. The Morgan fingerprint density at radius 1 is 0.496 bits per heavy atom. The van der Waals surface area contributed by atoms with Gasteiger partial charge in [0, 0.05) is 118 Å². The lowest BCUT2D eigenvalue weighted by molar-refractivity contribution is -0.115. The summed E-state index contributed by atoms with van der Waals surface area (Å²) in [5.41, 5.74) is 6.91. The number of urea groups is 2. The Morgan fingerprint density at radius 2 is 0.945 bits per heavy atom. The van der Waals surface area contributed by atoms with Gasteiger partial charge in [-0.1, -0.05) is 99.9 Å². The first-order valence-electron chi connectivity index (χ1n) is 41.5. The summed E-state index contributed by atoms with van der Waals surface area (Å²) in [5.74, 6) is 2.97. The molecule has 11 rings (SSSR count). The first kappa shape index (κ1) is 98.8. The third-order valence-electron chi connectivity index (χ3n) is 20.2. The van der Waals surface area contributed by atoms with Crippen molar-refractivity contribution in [1.82, 2.24) is 60.3 Å². The van der Waals surface area contributed by atoms with Crippen molar-refractivity contribution in [2.45, 2.75) is 113 Å². The fourth-order valence-corrected chi connectivity index (χ4v) is 15.1. The van der Waals surface area contributed by atoms with Gasteiger partial charge in [-0.2, -0.15) is 9.97 Å². The van der Waals surface area contributed by atoms with E-state index >= 15 is 0 Å². The monoisotopic (exact) mass is 1820 g/mol. The minimum atomic E-state index is -0.526. The van der Waals surface area contributed by atoms with Gasteiger partial charge in [-0.05, 0) is 197 Å². The second-order valence-electron chi connectivity index (χ2n) is 31.2. The van der Waals surface area contributed by atoms with Gasteiger partial charge in [0.05, 0.1) is 92.9 Å². The number of fused-ring (bicyclic) bond motifs is 3. The fourth-order valence-electron chi connectivity index (χ4n) is 13.7. The first-order valence-corrected chi connectivity index (χ1v) is 43.0. The Kier molecular flexibility index (Phi) is 35.8. The van der Waals surface area contributed by atoms with Gasteiger partial charge in [-0.25, -0.2) is 39.5 Å². The van der Waals surface area contributed by atoms with Gasteiger partial charge in [-0.3, -0.25) is 34.8 Å². The third-order valence-corrected chi connectivity index (χ3v) is 21.7. The van der Waals surface area contributed by atoms with Gasteiger partial charge >= 0.3 is 12.1 Å². The molecule has 0 radical (unpaired) electrons. The van der Waals surface area contributed by atoms with Gasteiger partial charge in [-0.15, -0.1) is 0 Å². The number of ether oxygens (including phenoxy) is 7. The SMILES string of the molecule is C=CC(=O)N(CCCCN(CC)CC)c1ncc2cc(-c3c(Cl)c(OC)cc(OC)c3Cl)c(NC(=O)NC(C)(C)C)nc2n1.C=CC(=O)N(CCCCN(CC)CC)c1ncc2cc(-c3cc(OC)cc(OC)c3)c(NC(=O)NC(C)(C)C)nc2n1.C=CC(=O)Nc1cc(N2CCOCC2)cc(C)c1Nc1ncc2cc(-c3c(Cl)c(OC)cc(OC)c3Cl)ccc2n1. The van der Waals surface area contributed by atoms with E-state index in [-0.39, 0.29) is 56.9 Å². The van der Waals surface area contributed by atoms with Crippen molar-refractivity contribution < 1.29 is 57.1 Å². The number of anilines is 8. The second-order valence-corrected chi connectivity index (χ2v) is 32.7. The minimum absolute atomic E-state index is 0.129. The maximum atomic E-state index is 13.0. The predicted molar refractivity (Wildman–Crippen MR) is 509 cm³/mol. The van der Waals surface area contributed by atoms with Crippen molar-refractivity contribution in [3.63, 3.8) is 0 Å². The van der Waals surface area contributed by atoms with Crippen LogP contribution in [0.2, 0.25) is 20.1 Å². The molecule has 0 bridgehead atoms. The van der Waals surface area contributed by atoms with Crippen LogP contribution in [0.15, 0.2) is 129 Å². The van der Waals surface area contributed by atoms with Crippen molar-refractivity contribution >= 4 is 156 Å². The van der Waals surface area contributed by atoms with E-state index in [1.807, 2.05) is 90.9 Å². The molecule has 5 aromatic heterocycles. The topological polar surface area (TPSA) is 341 Å². The summed E-state index contributed by atoms with van der Waals surface area (Å²) in [6.45, 7) is 42.1. The van der Waals surface area contributed by atoms with E-state index < -0.39 is 23.1 Å². The molecular weight excluding hydrogens is 1700 g/mol. The first-order chi connectivity index (χ1) is 60.7. The summed E-state index contributed by atoms with van der Waals surface area (Å²) in [4.78, 5) is 111. The highest BCUT2D eigenvalue weighted by Gasteiger charge is 2.29. The number of pyridine rings is 2. The van der Waals surface area contributed by atoms with Crippen LogP contribution in [0.3, 0.4) is 0 Å². The highest BCUT2D eigenvalue weighted by molar-refractivity contribution is 6.42. The zero-order valence-electron chi connectivity index (χ0n) is 75.1. The maximum absolute atomic E-state index is 13.0. The molecule has 35 heteroatoms. The summed E-state index contributed by atoms with van der Waals surface area (Å²) in [6.07, 6.45) is 12.0. The zero-order chi connectivity index (χ0) is 92.6. The van der Waals surface area contributed by atoms with Gasteiger partial charge in [0.1, 0.15) is 46.1 Å². The summed E-state index contributed by atoms with van der Waals surface area (Å²) in [5, 5.41) is 20.7. The highest BCUT2D eigenvalue weighted by Crippen LogP contribution is 2.50. The molecule has 7 amide bonds. The smallest absolute Gasteiger partial charge is 0.320 e. The quantitative estimate of drug-likeness (QED) is 0.0161. The Bertz CT molecular complexity index is 5550. The number of carbonyl (C=O) groups excluding carboxylic acids is 5. The van der Waals surface area contributed by atoms with Crippen LogP contribution in [0.5, 0.6) is 34.5 Å². The second kappa shape index (κ2) is 46.0. The van der Waals surface area contributed by atoms with Gasteiger partial charge in [0.2, 0.25) is 23.8 Å². The molecule has 31 nitrogen and oxygen atoms in total. The number of halogens is 4. The van der Waals surface area contributed by atoms with Crippen molar-refractivity contribution in [3.05, 3.63) is 155 Å². The Labute approximate surface area is 761 Å².